The number of hydrogen-bond acceptors (Lipinski definition) is 5. The molecule has 1 fully saturated rings. The van der Waals surface area contributed by atoms with Gasteiger partial charge in [-0.2, -0.15) is 0 Å². The first-order valence-electron chi connectivity index (χ1n) is 9.08. The van der Waals surface area contributed by atoms with Gasteiger partial charge in [-0.3, -0.25) is 9.69 Å². The van der Waals surface area contributed by atoms with Crippen molar-refractivity contribution in [2.45, 2.75) is 32.6 Å². The molecule has 0 aliphatic heterocycles. The highest BCUT2D eigenvalue weighted by Crippen LogP contribution is 2.34. The zero-order chi connectivity index (χ0) is 17.8. The van der Waals surface area contributed by atoms with Gasteiger partial charge in [0.2, 0.25) is 5.91 Å². The average molecular weight is 398 g/mol. The van der Waals surface area contributed by atoms with E-state index in [1.165, 1.54) is 0 Å². The highest BCUT2D eigenvalue weighted by atomic mass is 35.5. The maximum atomic E-state index is 13.1. The molecule has 26 heavy (non-hydrogen) atoms. The molecule has 1 saturated carbocycles. The molecule has 0 atom stereocenters. The van der Waals surface area contributed by atoms with Gasteiger partial charge in [-0.1, -0.05) is 24.2 Å². The summed E-state index contributed by atoms with van der Waals surface area (Å²) in [5.41, 5.74) is 0.928. The second kappa shape index (κ2) is 9.53. The normalized spacial score (nSPS) is 14.6. The van der Waals surface area contributed by atoms with E-state index < -0.39 is 0 Å². The molecule has 1 aromatic carbocycles. The Morgan fingerprint density at radius 2 is 2.00 bits per heavy atom. The van der Waals surface area contributed by atoms with Crippen LogP contribution in [0.3, 0.4) is 0 Å². The van der Waals surface area contributed by atoms with Crippen LogP contribution in [0.25, 0.3) is 10.2 Å². The molecule has 1 aliphatic rings. The van der Waals surface area contributed by atoms with Crippen molar-refractivity contribution in [2.75, 3.05) is 38.7 Å². The van der Waals surface area contributed by atoms with Gasteiger partial charge >= 0.3 is 0 Å². The number of amides is 1. The van der Waals surface area contributed by atoms with Gasteiger partial charge in [-0.05, 0) is 52.1 Å². The zero-order valence-corrected chi connectivity index (χ0v) is 17.4. The number of anilines is 1. The fourth-order valence-electron chi connectivity index (χ4n) is 3.26. The number of nitrogens with zero attached hydrogens (tertiary/aromatic N) is 3. The van der Waals surface area contributed by atoms with Crippen molar-refractivity contribution in [3.05, 3.63) is 18.2 Å². The van der Waals surface area contributed by atoms with Crippen molar-refractivity contribution in [2.24, 2.45) is 5.92 Å². The quantitative estimate of drug-likeness (QED) is 0.702. The fourth-order valence-corrected chi connectivity index (χ4v) is 4.28. The van der Waals surface area contributed by atoms with Crippen LogP contribution in [0.1, 0.15) is 32.6 Å². The van der Waals surface area contributed by atoms with Gasteiger partial charge in [0.05, 0.1) is 16.8 Å². The van der Waals surface area contributed by atoms with Crippen molar-refractivity contribution < 1.29 is 9.53 Å². The van der Waals surface area contributed by atoms with E-state index in [0.29, 0.717) is 13.2 Å². The molecule has 0 unspecified atom stereocenters. The first-order chi connectivity index (χ1) is 12.1. The predicted octanol–water partition coefficient (Wildman–Crippen LogP) is 4.20. The summed E-state index contributed by atoms with van der Waals surface area (Å²) < 4.78 is 6.65. The van der Waals surface area contributed by atoms with Gasteiger partial charge in [0.25, 0.3) is 0 Å². The summed E-state index contributed by atoms with van der Waals surface area (Å²) in [6.07, 6.45) is 4.35. The number of carbonyl (C=O) groups excluding carboxylic acids is 1. The molecular weight excluding hydrogens is 370 g/mol. The van der Waals surface area contributed by atoms with E-state index in [1.807, 2.05) is 44.1 Å². The van der Waals surface area contributed by atoms with Crippen LogP contribution in [-0.4, -0.2) is 49.6 Å². The molecule has 5 nitrogen and oxygen atoms in total. The molecule has 1 aromatic heterocycles. The standard InChI is InChI=1S/C19H27N3O2S.ClH/c1-4-24-15-9-10-16-17(13-15)25-19(20-16)22(12-11-21(2)3)18(23)14-7-5-6-8-14;/h9-10,13-14H,4-8,11-12H2,1-3H3;1H. The molecule has 0 spiro atoms. The summed E-state index contributed by atoms with van der Waals surface area (Å²) in [7, 11) is 4.07. The van der Waals surface area contributed by atoms with E-state index in [1.54, 1.807) is 11.3 Å². The summed E-state index contributed by atoms with van der Waals surface area (Å²) in [5.74, 6) is 1.25. The van der Waals surface area contributed by atoms with Gasteiger partial charge in [0.15, 0.2) is 5.13 Å². The molecule has 1 heterocycles. The number of benzene rings is 1. The van der Waals surface area contributed by atoms with Crippen LogP contribution in [-0.2, 0) is 4.79 Å². The first kappa shape index (κ1) is 20.9. The third-order valence-electron chi connectivity index (χ3n) is 4.63. The Bertz CT molecular complexity index is 729. The predicted molar refractivity (Wildman–Crippen MR) is 111 cm³/mol. The van der Waals surface area contributed by atoms with Crippen molar-refractivity contribution >= 4 is 45.0 Å². The van der Waals surface area contributed by atoms with E-state index >= 15 is 0 Å². The van der Waals surface area contributed by atoms with E-state index in [-0.39, 0.29) is 24.2 Å². The maximum absolute atomic E-state index is 13.1. The Balaban J connectivity index is 0.00000243. The second-order valence-electron chi connectivity index (χ2n) is 6.83. The smallest absolute Gasteiger partial charge is 0.231 e. The number of ether oxygens (including phenoxy) is 1. The molecule has 2 aromatic rings. The van der Waals surface area contributed by atoms with Crippen molar-refractivity contribution in [3.63, 3.8) is 0 Å². The van der Waals surface area contributed by atoms with E-state index in [4.69, 9.17) is 9.72 Å². The Labute approximate surface area is 165 Å². The van der Waals surface area contributed by atoms with Crippen LogP contribution >= 0.6 is 23.7 Å². The van der Waals surface area contributed by atoms with Crippen molar-refractivity contribution in [1.29, 1.82) is 0 Å². The first-order valence-corrected chi connectivity index (χ1v) is 9.89. The van der Waals surface area contributed by atoms with Gasteiger partial charge in [0.1, 0.15) is 5.75 Å². The van der Waals surface area contributed by atoms with Crippen LogP contribution in [0.15, 0.2) is 18.2 Å². The topological polar surface area (TPSA) is 45.7 Å². The number of aromatic nitrogens is 1. The molecule has 0 bridgehead atoms. The lowest BCUT2D eigenvalue weighted by atomic mass is 10.1. The highest BCUT2D eigenvalue weighted by molar-refractivity contribution is 7.22. The minimum absolute atomic E-state index is 0. The van der Waals surface area contributed by atoms with Gasteiger partial charge in [-0.25, -0.2) is 4.98 Å². The molecule has 144 valence electrons. The lowest BCUT2D eigenvalue weighted by Crippen LogP contribution is -2.39. The lowest BCUT2D eigenvalue weighted by molar-refractivity contribution is -0.122. The Kier molecular flexibility index (Phi) is 7.68. The average Bonchev–Trinajstić information content (AvgIpc) is 3.24. The number of thiazole rings is 1. The number of rotatable bonds is 7. The van der Waals surface area contributed by atoms with Crippen molar-refractivity contribution in [1.82, 2.24) is 9.88 Å². The number of halogens is 1. The fraction of sp³-hybridized carbons (Fsp3) is 0.579. The number of likely N-dealkylation sites (N-methyl/N-ethyl adjacent to an activating group) is 1. The summed E-state index contributed by atoms with van der Waals surface area (Å²) >= 11 is 1.58. The number of carbonyl (C=O) groups is 1. The van der Waals surface area contributed by atoms with Gasteiger partial charge < -0.3 is 9.64 Å². The van der Waals surface area contributed by atoms with Crippen LogP contribution in [0.2, 0.25) is 0 Å². The Hall–Kier alpha value is -1.37. The molecule has 7 heteroatoms. The van der Waals surface area contributed by atoms with E-state index in [9.17, 15) is 4.79 Å². The number of fused-ring (bicyclic) bond motifs is 1. The summed E-state index contributed by atoms with van der Waals surface area (Å²) in [5, 5.41) is 0.808. The van der Waals surface area contributed by atoms with Crippen LogP contribution in [0.5, 0.6) is 5.75 Å². The maximum Gasteiger partial charge on any atom is 0.231 e. The SMILES string of the molecule is CCOc1ccc2nc(N(CCN(C)C)C(=O)C3CCCC3)sc2c1.Cl. The minimum atomic E-state index is 0. The molecule has 3 rings (SSSR count). The van der Waals surface area contributed by atoms with Crippen LogP contribution in [0, 0.1) is 5.92 Å². The zero-order valence-electron chi connectivity index (χ0n) is 15.7. The molecule has 0 saturated heterocycles. The largest absolute Gasteiger partial charge is 0.494 e. The molecule has 0 radical (unpaired) electrons. The summed E-state index contributed by atoms with van der Waals surface area (Å²) in [6.45, 7) is 4.14. The third-order valence-corrected chi connectivity index (χ3v) is 5.67. The van der Waals surface area contributed by atoms with Crippen molar-refractivity contribution in [3.8, 4) is 5.75 Å². The second-order valence-corrected chi connectivity index (χ2v) is 7.84. The van der Waals surface area contributed by atoms with E-state index in [2.05, 4.69) is 4.90 Å². The summed E-state index contributed by atoms with van der Waals surface area (Å²) in [6, 6.07) is 5.94. The number of hydrogen-bond donors (Lipinski definition) is 0. The Morgan fingerprint density at radius 1 is 1.27 bits per heavy atom. The van der Waals surface area contributed by atoms with Crippen LogP contribution in [0.4, 0.5) is 5.13 Å². The van der Waals surface area contributed by atoms with E-state index in [0.717, 1.165) is 53.3 Å². The van der Waals surface area contributed by atoms with Gasteiger partial charge in [0, 0.05) is 19.0 Å². The lowest BCUT2D eigenvalue weighted by Gasteiger charge is -2.24. The Morgan fingerprint density at radius 3 is 2.65 bits per heavy atom. The third kappa shape index (κ3) is 4.87. The molecular formula is C19H28ClN3O2S. The molecule has 0 N–H and O–H groups in total. The highest BCUT2D eigenvalue weighted by Gasteiger charge is 2.29. The molecule has 1 aliphatic carbocycles. The summed E-state index contributed by atoms with van der Waals surface area (Å²) in [4.78, 5) is 21.8. The minimum Gasteiger partial charge on any atom is -0.494 e. The van der Waals surface area contributed by atoms with Gasteiger partial charge in [-0.15, -0.1) is 12.4 Å². The molecule has 1 amide bonds. The monoisotopic (exact) mass is 397 g/mol. The van der Waals surface area contributed by atoms with Crippen LogP contribution < -0.4 is 9.64 Å².